The van der Waals surface area contributed by atoms with E-state index in [1.807, 2.05) is 0 Å². The average Bonchev–Trinajstić information content (AvgIpc) is 2.85. The van der Waals surface area contributed by atoms with Gasteiger partial charge >= 0.3 is 5.97 Å². The topological polar surface area (TPSA) is 93.0 Å². The number of hydrogen-bond acceptors (Lipinski definition) is 5. The third-order valence-corrected chi connectivity index (χ3v) is 4.56. The number of amides is 1. The Hall–Kier alpha value is -3.06. The maximum atomic E-state index is 12.4. The molecule has 1 heterocycles. The van der Waals surface area contributed by atoms with Gasteiger partial charge in [0.15, 0.2) is 5.17 Å². The SMILES string of the molecule is CN1C(=O)/C(=C/c2ccc([O-])cc2)SC1=Nc1cccc(C(=O)O)c1. The molecule has 1 saturated heterocycles. The van der Waals surface area contributed by atoms with Crippen LogP contribution in [0.25, 0.3) is 6.08 Å². The summed E-state index contributed by atoms with van der Waals surface area (Å²) in [6.45, 7) is 0. The molecule has 3 rings (SSSR count). The van der Waals surface area contributed by atoms with Gasteiger partial charge in [-0.05, 0) is 41.6 Å². The third-order valence-electron chi connectivity index (χ3n) is 3.50. The van der Waals surface area contributed by atoms with Crippen LogP contribution in [0.1, 0.15) is 15.9 Å². The van der Waals surface area contributed by atoms with E-state index in [1.54, 1.807) is 37.4 Å². The lowest BCUT2D eigenvalue weighted by Gasteiger charge is -2.07. The highest BCUT2D eigenvalue weighted by Gasteiger charge is 2.30. The van der Waals surface area contributed by atoms with Gasteiger partial charge in [0, 0.05) is 7.05 Å². The van der Waals surface area contributed by atoms with Crippen LogP contribution < -0.4 is 5.11 Å². The Labute approximate surface area is 148 Å². The van der Waals surface area contributed by atoms with Crippen molar-refractivity contribution in [1.29, 1.82) is 0 Å². The molecule has 0 saturated carbocycles. The summed E-state index contributed by atoms with van der Waals surface area (Å²) in [5.41, 5.74) is 1.34. The Kier molecular flexibility index (Phi) is 4.58. The zero-order chi connectivity index (χ0) is 18.0. The Morgan fingerprint density at radius 2 is 1.96 bits per heavy atom. The number of carboxylic acids is 1. The third kappa shape index (κ3) is 3.72. The standard InChI is InChI=1S/C18H14N2O4S/c1-20-16(22)15(9-11-5-7-14(21)8-6-11)25-18(20)19-13-4-2-3-12(10-13)17(23)24/h2-10,21H,1H3,(H,23,24)/p-1/b15-9-,19-18?. The Morgan fingerprint density at radius 1 is 1.24 bits per heavy atom. The minimum Gasteiger partial charge on any atom is -0.872 e. The van der Waals surface area contributed by atoms with Gasteiger partial charge in [-0.2, -0.15) is 0 Å². The zero-order valence-electron chi connectivity index (χ0n) is 13.2. The minimum atomic E-state index is -1.03. The molecule has 0 aliphatic carbocycles. The van der Waals surface area contributed by atoms with Crippen molar-refractivity contribution in [2.45, 2.75) is 0 Å². The Morgan fingerprint density at radius 3 is 2.64 bits per heavy atom. The van der Waals surface area contributed by atoms with Crippen LogP contribution in [-0.4, -0.2) is 34.1 Å². The molecule has 0 spiro atoms. The summed E-state index contributed by atoms with van der Waals surface area (Å²) in [5, 5.41) is 20.6. The lowest BCUT2D eigenvalue weighted by atomic mass is 10.2. The molecule has 0 bridgehead atoms. The first-order valence-corrected chi connectivity index (χ1v) is 8.12. The predicted molar refractivity (Wildman–Crippen MR) is 94.7 cm³/mol. The van der Waals surface area contributed by atoms with Crippen molar-refractivity contribution in [2.75, 3.05) is 7.05 Å². The number of carbonyl (C=O) groups is 2. The van der Waals surface area contributed by atoms with Gasteiger partial charge in [0.1, 0.15) is 0 Å². The number of nitrogens with zero attached hydrogens (tertiary/aromatic N) is 2. The van der Waals surface area contributed by atoms with Crippen LogP contribution in [0.2, 0.25) is 0 Å². The number of carbonyl (C=O) groups excluding carboxylic acids is 1. The number of likely N-dealkylation sites (N-methyl/N-ethyl adjacent to an activating group) is 1. The van der Waals surface area contributed by atoms with Crippen molar-refractivity contribution in [3.8, 4) is 5.75 Å². The molecular weight excluding hydrogens is 340 g/mol. The second kappa shape index (κ2) is 6.82. The molecule has 1 amide bonds. The van der Waals surface area contributed by atoms with Crippen molar-refractivity contribution in [2.24, 2.45) is 4.99 Å². The van der Waals surface area contributed by atoms with Gasteiger partial charge in [0.2, 0.25) is 0 Å². The van der Waals surface area contributed by atoms with E-state index >= 15 is 0 Å². The van der Waals surface area contributed by atoms with E-state index in [4.69, 9.17) is 5.11 Å². The van der Waals surface area contributed by atoms with Gasteiger partial charge in [0.25, 0.3) is 5.91 Å². The lowest BCUT2D eigenvalue weighted by molar-refractivity contribution is -0.268. The van der Waals surface area contributed by atoms with Gasteiger partial charge in [0.05, 0.1) is 16.2 Å². The van der Waals surface area contributed by atoms with E-state index in [1.165, 1.54) is 40.9 Å². The number of hydrogen-bond donors (Lipinski definition) is 1. The highest BCUT2D eigenvalue weighted by Crippen LogP contribution is 2.33. The Bertz CT molecular complexity index is 904. The molecule has 0 radical (unpaired) electrons. The van der Waals surface area contributed by atoms with E-state index in [9.17, 15) is 14.7 Å². The normalized spacial score (nSPS) is 17.5. The summed E-state index contributed by atoms with van der Waals surface area (Å²) in [7, 11) is 1.61. The maximum absolute atomic E-state index is 12.4. The molecular formula is C18H13N2O4S-. The van der Waals surface area contributed by atoms with Crippen LogP contribution in [0.15, 0.2) is 58.4 Å². The van der Waals surface area contributed by atoms with E-state index < -0.39 is 5.97 Å². The van der Waals surface area contributed by atoms with Crippen molar-refractivity contribution >= 4 is 40.6 Å². The average molecular weight is 353 g/mol. The fraction of sp³-hybridized carbons (Fsp3) is 0.0556. The van der Waals surface area contributed by atoms with Gasteiger partial charge in [-0.25, -0.2) is 9.79 Å². The van der Waals surface area contributed by atoms with Crippen LogP contribution in [0.3, 0.4) is 0 Å². The number of thioether (sulfide) groups is 1. The second-order valence-electron chi connectivity index (χ2n) is 5.29. The fourth-order valence-corrected chi connectivity index (χ4v) is 3.17. The molecule has 0 unspecified atom stereocenters. The first kappa shape index (κ1) is 16.8. The molecule has 126 valence electrons. The van der Waals surface area contributed by atoms with Gasteiger partial charge in [-0.15, -0.1) is 5.75 Å². The van der Waals surface area contributed by atoms with Gasteiger partial charge in [-0.1, -0.05) is 30.3 Å². The number of amidine groups is 1. The van der Waals surface area contributed by atoms with Crippen molar-refractivity contribution in [1.82, 2.24) is 4.90 Å². The molecule has 7 heteroatoms. The number of benzene rings is 2. The largest absolute Gasteiger partial charge is 0.872 e. The number of aliphatic imine (C=N–C) groups is 1. The van der Waals surface area contributed by atoms with Gasteiger partial charge < -0.3 is 10.2 Å². The molecule has 25 heavy (non-hydrogen) atoms. The quantitative estimate of drug-likeness (QED) is 0.857. The van der Waals surface area contributed by atoms with E-state index in [2.05, 4.69) is 4.99 Å². The molecule has 1 aliphatic rings. The van der Waals surface area contributed by atoms with Crippen molar-refractivity contribution < 1.29 is 19.8 Å². The Balaban J connectivity index is 1.89. The summed E-state index contributed by atoms with van der Waals surface area (Å²) in [6, 6.07) is 12.4. The summed E-state index contributed by atoms with van der Waals surface area (Å²) in [4.78, 5) is 29.6. The van der Waals surface area contributed by atoms with Crippen LogP contribution >= 0.6 is 11.8 Å². The molecule has 1 N–H and O–H groups in total. The van der Waals surface area contributed by atoms with E-state index in [-0.39, 0.29) is 17.2 Å². The monoisotopic (exact) mass is 353 g/mol. The number of rotatable bonds is 3. The highest BCUT2D eigenvalue weighted by atomic mass is 32.2. The van der Waals surface area contributed by atoms with E-state index in [0.717, 1.165) is 5.56 Å². The predicted octanol–water partition coefficient (Wildman–Crippen LogP) is 2.69. The lowest BCUT2D eigenvalue weighted by Crippen LogP contribution is -2.23. The number of carboxylic acid groups (broad SMARTS) is 1. The minimum absolute atomic E-state index is 0.0924. The van der Waals surface area contributed by atoms with Crippen LogP contribution in [-0.2, 0) is 4.79 Å². The molecule has 0 atom stereocenters. The summed E-state index contributed by atoms with van der Waals surface area (Å²) < 4.78 is 0. The summed E-state index contributed by atoms with van der Waals surface area (Å²) >= 11 is 1.20. The molecule has 2 aromatic carbocycles. The molecule has 1 fully saturated rings. The smallest absolute Gasteiger partial charge is 0.335 e. The molecule has 1 aliphatic heterocycles. The maximum Gasteiger partial charge on any atom is 0.335 e. The highest BCUT2D eigenvalue weighted by molar-refractivity contribution is 8.18. The van der Waals surface area contributed by atoms with E-state index in [0.29, 0.717) is 15.8 Å². The first-order chi connectivity index (χ1) is 11.9. The summed E-state index contributed by atoms with van der Waals surface area (Å²) in [5.74, 6) is -1.33. The zero-order valence-corrected chi connectivity index (χ0v) is 14.0. The molecule has 0 aromatic heterocycles. The van der Waals surface area contributed by atoms with Gasteiger partial charge in [-0.3, -0.25) is 9.69 Å². The van der Waals surface area contributed by atoms with Crippen LogP contribution in [0, 0.1) is 0 Å². The van der Waals surface area contributed by atoms with Crippen molar-refractivity contribution in [3.63, 3.8) is 0 Å². The number of aromatic carboxylic acids is 1. The van der Waals surface area contributed by atoms with Crippen LogP contribution in [0.4, 0.5) is 5.69 Å². The van der Waals surface area contributed by atoms with Crippen LogP contribution in [0.5, 0.6) is 5.75 Å². The molecule has 2 aromatic rings. The summed E-state index contributed by atoms with van der Waals surface area (Å²) in [6.07, 6.45) is 1.69. The van der Waals surface area contributed by atoms with Crippen molar-refractivity contribution in [3.05, 3.63) is 64.6 Å². The first-order valence-electron chi connectivity index (χ1n) is 7.31. The fourth-order valence-electron chi connectivity index (χ4n) is 2.19. The molecule has 6 nitrogen and oxygen atoms in total. The second-order valence-corrected chi connectivity index (χ2v) is 6.30.